The van der Waals surface area contributed by atoms with Crippen LogP contribution in [0.25, 0.3) is 0 Å². The van der Waals surface area contributed by atoms with Gasteiger partial charge in [0.15, 0.2) is 0 Å². The van der Waals surface area contributed by atoms with Crippen LogP contribution in [0, 0.1) is 0 Å². The van der Waals surface area contributed by atoms with Crippen molar-refractivity contribution in [3.63, 3.8) is 0 Å². The third kappa shape index (κ3) is 5.09. The highest BCUT2D eigenvalue weighted by Gasteiger charge is 2.26. The summed E-state index contributed by atoms with van der Waals surface area (Å²) in [7, 11) is 0. The zero-order chi connectivity index (χ0) is 20.9. The number of benzene rings is 1. The fourth-order valence-corrected chi connectivity index (χ4v) is 3.97. The lowest BCUT2D eigenvalue weighted by Gasteiger charge is -2.38. The molecule has 2 aromatic rings. The van der Waals surface area contributed by atoms with E-state index in [9.17, 15) is 4.79 Å². The Hall–Kier alpha value is -2.64. The summed E-state index contributed by atoms with van der Waals surface area (Å²) >= 11 is 0. The van der Waals surface area contributed by atoms with Crippen LogP contribution in [0.1, 0.15) is 43.4 Å². The third-order valence-electron chi connectivity index (χ3n) is 5.83. The van der Waals surface area contributed by atoms with E-state index in [0.717, 1.165) is 49.4 Å². The number of rotatable bonds is 7. The van der Waals surface area contributed by atoms with Crippen LogP contribution in [0.4, 0.5) is 11.5 Å². The average Bonchev–Trinajstić information content (AvgIpc) is 2.75. The maximum atomic E-state index is 11.6. The highest BCUT2D eigenvalue weighted by atomic mass is 16.5. The molecule has 30 heavy (non-hydrogen) atoms. The number of nitrogens with one attached hydrogen (secondary N) is 1. The molecule has 0 bridgehead atoms. The molecule has 0 saturated carbocycles. The first-order chi connectivity index (χ1) is 14.6. The van der Waals surface area contributed by atoms with E-state index in [1.54, 1.807) is 0 Å². The Labute approximate surface area is 177 Å². The summed E-state index contributed by atoms with van der Waals surface area (Å²) in [5.74, 6) is 1.42. The zero-order valence-corrected chi connectivity index (χ0v) is 17.5. The minimum atomic E-state index is 0.0382. The lowest BCUT2D eigenvalue weighted by atomic mass is 10.0. The lowest BCUT2D eigenvalue weighted by Crippen LogP contribution is -2.45. The lowest BCUT2D eigenvalue weighted by molar-refractivity contribution is -0.116. The Morgan fingerprint density at radius 3 is 3.00 bits per heavy atom. The van der Waals surface area contributed by atoms with Gasteiger partial charge in [0.05, 0.1) is 19.3 Å². The molecule has 2 atom stereocenters. The molecule has 0 aliphatic carbocycles. The van der Waals surface area contributed by atoms with Crippen LogP contribution in [-0.2, 0) is 16.0 Å². The van der Waals surface area contributed by atoms with E-state index in [-0.39, 0.29) is 12.0 Å². The van der Waals surface area contributed by atoms with Gasteiger partial charge in [-0.1, -0.05) is 12.1 Å². The van der Waals surface area contributed by atoms with Gasteiger partial charge >= 0.3 is 0 Å². The van der Waals surface area contributed by atoms with Gasteiger partial charge in [-0.3, -0.25) is 9.69 Å². The monoisotopic (exact) mass is 410 g/mol. The fourth-order valence-electron chi connectivity index (χ4n) is 3.97. The number of hydrogen-bond acceptors (Lipinski definition) is 6. The Bertz CT molecular complexity index is 871. The normalized spacial score (nSPS) is 21.7. The molecule has 3 N–H and O–H groups in total. The third-order valence-corrected chi connectivity index (χ3v) is 5.83. The molecule has 1 unspecified atom stereocenters. The van der Waals surface area contributed by atoms with Gasteiger partial charge in [0.25, 0.3) is 0 Å². The molecule has 1 saturated heterocycles. The number of nitrogens with two attached hydrogens (primary N) is 1. The molecule has 0 spiro atoms. The second kappa shape index (κ2) is 9.45. The van der Waals surface area contributed by atoms with Crippen molar-refractivity contribution < 1.29 is 14.3 Å². The van der Waals surface area contributed by atoms with Crippen LogP contribution in [-0.4, -0.2) is 48.1 Å². The number of carbonyl (C=O) groups is 1. The first kappa shape index (κ1) is 20.6. The number of anilines is 2. The number of unbranched alkanes of at least 4 members (excludes halogenated alkanes) is 1. The summed E-state index contributed by atoms with van der Waals surface area (Å²) in [6.45, 7) is 5.45. The van der Waals surface area contributed by atoms with Crippen LogP contribution in [0.15, 0.2) is 36.5 Å². The van der Waals surface area contributed by atoms with Crippen molar-refractivity contribution in [3.8, 4) is 5.75 Å². The minimum Gasteiger partial charge on any atom is -0.494 e. The number of hydrogen-bond donors (Lipinski definition) is 2. The van der Waals surface area contributed by atoms with Gasteiger partial charge in [0, 0.05) is 42.5 Å². The van der Waals surface area contributed by atoms with Crippen molar-refractivity contribution in [2.45, 2.75) is 44.8 Å². The number of fused-ring (bicyclic) bond motifs is 1. The number of nitrogens with zero attached hydrogens (tertiary/aromatic N) is 2. The second-order valence-electron chi connectivity index (χ2n) is 8.11. The molecule has 7 heteroatoms. The van der Waals surface area contributed by atoms with Gasteiger partial charge < -0.3 is 20.5 Å². The van der Waals surface area contributed by atoms with E-state index < -0.39 is 0 Å². The summed E-state index contributed by atoms with van der Waals surface area (Å²) in [6, 6.07) is 10.2. The van der Waals surface area contributed by atoms with Crippen molar-refractivity contribution in [2.75, 3.05) is 37.4 Å². The van der Waals surface area contributed by atoms with Crippen molar-refractivity contribution in [1.82, 2.24) is 9.88 Å². The smallest absolute Gasteiger partial charge is 0.224 e. The molecule has 2 aliphatic rings. The number of ether oxygens (including phenoxy) is 2. The molecule has 3 heterocycles. The number of carbonyl (C=O) groups excluding carboxylic acids is 1. The van der Waals surface area contributed by atoms with E-state index in [2.05, 4.69) is 22.1 Å². The van der Waals surface area contributed by atoms with E-state index in [1.807, 2.05) is 36.5 Å². The first-order valence-corrected chi connectivity index (χ1v) is 10.7. The maximum Gasteiger partial charge on any atom is 0.224 e. The Morgan fingerprint density at radius 1 is 1.27 bits per heavy atom. The molecule has 4 rings (SSSR count). The molecular formula is C23H30N4O3. The maximum absolute atomic E-state index is 11.6. The summed E-state index contributed by atoms with van der Waals surface area (Å²) < 4.78 is 11.9. The predicted octanol–water partition coefficient (Wildman–Crippen LogP) is 3.17. The Morgan fingerprint density at radius 2 is 2.17 bits per heavy atom. The minimum absolute atomic E-state index is 0.0382. The van der Waals surface area contributed by atoms with Crippen LogP contribution in [0.3, 0.4) is 0 Å². The molecule has 160 valence electrons. The van der Waals surface area contributed by atoms with Crippen LogP contribution >= 0.6 is 0 Å². The summed E-state index contributed by atoms with van der Waals surface area (Å²) in [5.41, 5.74) is 8.82. The van der Waals surface area contributed by atoms with Crippen molar-refractivity contribution in [2.24, 2.45) is 0 Å². The standard InChI is InChI=1S/C23H30N4O3/c1-16-15-30-21(18-5-8-22(24)25-13-18)14-27(16)10-2-3-11-29-19-7-4-17-6-9-23(28)26-20(17)12-19/h4-5,7-8,12-13,16,21H,2-3,6,9-11,14-15H2,1H3,(H2,24,25)(H,26,28)/t16-,21?/m0/s1. The molecule has 1 aromatic carbocycles. The number of pyridine rings is 1. The number of morpholine rings is 1. The molecule has 2 aliphatic heterocycles. The SMILES string of the molecule is C[C@H]1COC(c2ccc(N)nc2)CN1CCCCOc1ccc2c(c1)NC(=O)CC2. The number of nitrogen functional groups attached to an aromatic ring is 1. The molecule has 0 radical (unpaired) electrons. The highest BCUT2D eigenvalue weighted by molar-refractivity contribution is 5.94. The molecular weight excluding hydrogens is 380 g/mol. The summed E-state index contributed by atoms with van der Waals surface area (Å²) in [5, 5.41) is 2.92. The summed E-state index contributed by atoms with van der Waals surface area (Å²) in [4.78, 5) is 18.2. The van der Waals surface area contributed by atoms with Gasteiger partial charge in [0.1, 0.15) is 11.6 Å². The van der Waals surface area contributed by atoms with E-state index in [4.69, 9.17) is 15.2 Å². The molecule has 1 fully saturated rings. The van der Waals surface area contributed by atoms with E-state index in [0.29, 0.717) is 31.5 Å². The van der Waals surface area contributed by atoms with Crippen molar-refractivity contribution in [3.05, 3.63) is 47.7 Å². The van der Waals surface area contributed by atoms with E-state index in [1.165, 1.54) is 5.56 Å². The first-order valence-electron chi connectivity index (χ1n) is 10.7. The van der Waals surface area contributed by atoms with E-state index >= 15 is 0 Å². The Balaban J connectivity index is 1.21. The largest absolute Gasteiger partial charge is 0.494 e. The molecule has 1 amide bonds. The number of aromatic nitrogens is 1. The molecule has 7 nitrogen and oxygen atoms in total. The van der Waals surface area contributed by atoms with Gasteiger partial charge in [-0.25, -0.2) is 4.98 Å². The second-order valence-corrected chi connectivity index (χ2v) is 8.11. The van der Waals surface area contributed by atoms with Crippen LogP contribution in [0.2, 0.25) is 0 Å². The van der Waals surface area contributed by atoms with Gasteiger partial charge in [-0.2, -0.15) is 0 Å². The summed E-state index contributed by atoms with van der Waals surface area (Å²) in [6.07, 6.45) is 5.23. The Kier molecular flexibility index (Phi) is 6.50. The predicted molar refractivity (Wildman–Crippen MR) is 116 cm³/mol. The zero-order valence-electron chi connectivity index (χ0n) is 17.5. The van der Waals surface area contributed by atoms with Crippen LogP contribution < -0.4 is 15.8 Å². The van der Waals surface area contributed by atoms with Crippen molar-refractivity contribution >= 4 is 17.4 Å². The van der Waals surface area contributed by atoms with Gasteiger partial charge in [-0.15, -0.1) is 0 Å². The van der Waals surface area contributed by atoms with Gasteiger partial charge in [0.2, 0.25) is 5.91 Å². The number of amides is 1. The average molecular weight is 411 g/mol. The quantitative estimate of drug-likeness (QED) is 0.682. The highest BCUT2D eigenvalue weighted by Crippen LogP contribution is 2.28. The number of aryl methyl sites for hydroxylation is 1. The van der Waals surface area contributed by atoms with Gasteiger partial charge in [-0.05, 0) is 50.4 Å². The topological polar surface area (TPSA) is 89.7 Å². The van der Waals surface area contributed by atoms with Crippen molar-refractivity contribution in [1.29, 1.82) is 0 Å². The van der Waals surface area contributed by atoms with Crippen LogP contribution in [0.5, 0.6) is 5.75 Å². The molecule has 1 aromatic heterocycles. The fraction of sp³-hybridized carbons (Fsp3) is 0.478.